The monoisotopic (exact) mass is 334 g/mol. The molecule has 0 atom stereocenters. The van der Waals surface area contributed by atoms with Gasteiger partial charge in [-0.25, -0.2) is 9.59 Å². The molecule has 122 valence electrons. The quantitative estimate of drug-likeness (QED) is 0.408. The van der Waals surface area contributed by atoms with Crippen LogP contribution in [0.4, 0.5) is 0 Å². The molecule has 10 heteroatoms. The van der Waals surface area contributed by atoms with Gasteiger partial charge in [-0.1, -0.05) is 0 Å². The number of hydrogen-bond donors (Lipinski definition) is 5. The van der Waals surface area contributed by atoms with E-state index in [0.29, 0.717) is 0 Å². The van der Waals surface area contributed by atoms with E-state index in [1.54, 1.807) is 0 Å². The smallest absolute Gasteiger partial charge is 0.338 e. The van der Waals surface area contributed by atoms with Crippen molar-refractivity contribution in [2.45, 2.75) is 17.7 Å². The minimum absolute atomic E-state index is 0.0200. The Hall–Kier alpha value is -2.01. The van der Waals surface area contributed by atoms with Crippen LogP contribution >= 0.6 is 0 Å². The molecule has 0 spiro atoms. The van der Waals surface area contributed by atoms with Gasteiger partial charge in [0.15, 0.2) is 0 Å². The van der Waals surface area contributed by atoms with E-state index in [2.05, 4.69) is 0 Å². The minimum atomic E-state index is -5.07. The molecule has 5 N–H and O–H groups in total. The first-order valence-corrected chi connectivity index (χ1v) is 7.43. The molecule has 0 fully saturated rings. The average Bonchev–Trinajstić information content (AvgIpc) is 2.38. The number of benzene rings is 1. The van der Waals surface area contributed by atoms with Gasteiger partial charge in [0.05, 0.1) is 11.1 Å². The second kappa shape index (κ2) is 6.83. The number of carboxylic acid groups (broad SMARTS) is 2. The van der Waals surface area contributed by atoms with Gasteiger partial charge < -0.3 is 20.4 Å². The summed E-state index contributed by atoms with van der Waals surface area (Å²) in [6.45, 7) is -1.03. The molecule has 0 aromatic heterocycles. The van der Waals surface area contributed by atoms with E-state index in [-0.39, 0.29) is 24.0 Å². The lowest BCUT2D eigenvalue weighted by atomic mass is 9.94. The molecule has 1 rings (SSSR count). The van der Waals surface area contributed by atoms with E-state index in [0.717, 1.165) is 6.07 Å². The summed E-state index contributed by atoms with van der Waals surface area (Å²) in [4.78, 5) is 21.4. The van der Waals surface area contributed by atoms with E-state index < -0.39 is 51.3 Å². The Balaban J connectivity index is 4.00. The van der Waals surface area contributed by atoms with Gasteiger partial charge in [-0.2, -0.15) is 8.42 Å². The second-order valence-corrected chi connectivity index (χ2v) is 5.66. The third-order valence-electron chi connectivity index (χ3n) is 2.92. The van der Waals surface area contributed by atoms with Gasteiger partial charge in [-0.05, 0) is 30.0 Å². The molecule has 9 nitrogen and oxygen atoms in total. The fraction of sp³-hybridized carbons (Fsp3) is 0.333. The van der Waals surface area contributed by atoms with Crippen LogP contribution in [0.15, 0.2) is 11.0 Å². The molecule has 1 aromatic rings. The fourth-order valence-corrected chi connectivity index (χ4v) is 3.15. The first-order chi connectivity index (χ1) is 10.1. The summed E-state index contributed by atoms with van der Waals surface area (Å²) in [5, 5.41) is 36.2. The Kier molecular flexibility index (Phi) is 5.60. The van der Waals surface area contributed by atoms with E-state index >= 15 is 0 Å². The van der Waals surface area contributed by atoms with E-state index in [1.165, 1.54) is 0 Å². The highest BCUT2D eigenvalue weighted by Gasteiger charge is 2.31. The molecule has 0 saturated heterocycles. The van der Waals surface area contributed by atoms with Crippen molar-refractivity contribution in [3.8, 4) is 0 Å². The Labute approximate surface area is 125 Å². The van der Waals surface area contributed by atoms with Crippen molar-refractivity contribution >= 4 is 22.1 Å². The lowest BCUT2D eigenvalue weighted by Gasteiger charge is -2.16. The SMILES string of the molecule is O=C(O)c1cc(CCO)c(CCO)c(S(=O)(=O)O)c1C(=O)O. The van der Waals surface area contributed by atoms with E-state index in [1.807, 2.05) is 0 Å². The van der Waals surface area contributed by atoms with Crippen molar-refractivity contribution in [3.05, 3.63) is 28.3 Å². The maximum Gasteiger partial charge on any atom is 0.338 e. The van der Waals surface area contributed by atoms with Crippen molar-refractivity contribution in [3.63, 3.8) is 0 Å². The third-order valence-corrected chi connectivity index (χ3v) is 3.89. The molecule has 1 aromatic carbocycles. The number of aliphatic hydroxyl groups is 2. The highest BCUT2D eigenvalue weighted by molar-refractivity contribution is 7.86. The number of rotatable bonds is 7. The van der Waals surface area contributed by atoms with Gasteiger partial charge in [0, 0.05) is 13.2 Å². The lowest BCUT2D eigenvalue weighted by molar-refractivity contribution is 0.0647. The van der Waals surface area contributed by atoms with Gasteiger partial charge in [0.1, 0.15) is 4.90 Å². The van der Waals surface area contributed by atoms with Gasteiger partial charge in [0.2, 0.25) is 0 Å². The summed E-state index contributed by atoms with van der Waals surface area (Å²) in [7, 11) is -5.07. The van der Waals surface area contributed by atoms with Crippen molar-refractivity contribution in [2.75, 3.05) is 13.2 Å². The van der Waals surface area contributed by atoms with Crippen LogP contribution in [0.1, 0.15) is 31.8 Å². The van der Waals surface area contributed by atoms with Crippen LogP contribution in [-0.4, -0.2) is 58.5 Å². The molecule has 0 unspecified atom stereocenters. The molecule has 0 saturated carbocycles. The van der Waals surface area contributed by atoms with Crippen molar-refractivity contribution in [2.24, 2.45) is 0 Å². The van der Waals surface area contributed by atoms with Gasteiger partial charge in [-0.15, -0.1) is 0 Å². The molecule has 0 aliphatic carbocycles. The first-order valence-electron chi connectivity index (χ1n) is 5.99. The number of carboxylic acids is 2. The third kappa shape index (κ3) is 3.60. The van der Waals surface area contributed by atoms with Gasteiger partial charge in [0.25, 0.3) is 10.1 Å². The maximum atomic E-state index is 11.5. The van der Waals surface area contributed by atoms with Crippen LogP contribution < -0.4 is 0 Å². The molecule has 0 amide bonds. The van der Waals surface area contributed by atoms with Crippen molar-refractivity contribution < 1.29 is 43.0 Å². The molecular weight excluding hydrogens is 320 g/mol. The predicted octanol–water partition coefficient (Wildman–Crippen LogP) is -0.601. The highest BCUT2D eigenvalue weighted by atomic mass is 32.2. The number of carbonyl (C=O) groups is 2. The predicted molar refractivity (Wildman–Crippen MR) is 71.8 cm³/mol. The summed E-state index contributed by atoms with van der Waals surface area (Å²) >= 11 is 0. The lowest BCUT2D eigenvalue weighted by Crippen LogP contribution is -2.20. The topological polar surface area (TPSA) is 169 Å². The van der Waals surface area contributed by atoms with E-state index in [4.69, 9.17) is 20.4 Å². The minimum Gasteiger partial charge on any atom is -0.478 e. The normalized spacial score (nSPS) is 11.4. The molecular formula is C12H14O9S. The highest BCUT2D eigenvalue weighted by Crippen LogP contribution is 2.29. The zero-order chi connectivity index (χ0) is 17.1. The largest absolute Gasteiger partial charge is 0.478 e. The van der Waals surface area contributed by atoms with Gasteiger partial charge in [-0.3, -0.25) is 4.55 Å². The number of aliphatic hydroxyl groups excluding tert-OH is 2. The zero-order valence-corrected chi connectivity index (χ0v) is 12.0. The van der Waals surface area contributed by atoms with Crippen LogP contribution in [0.3, 0.4) is 0 Å². The Morgan fingerprint density at radius 2 is 1.55 bits per heavy atom. The Morgan fingerprint density at radius 1 is 1.00 bits per heavy atom. The van der Waals surface area contributed by atoms with Gasteiger partial charge >= 0.3 is 11.9 Å². The molecule has 0 aliphatic rings. The molecule has 0 aliphatic heterocycles. The average molecular weight is 334 g/mol. The maximum absolute atomic E-state index is 11.5. The summed E-state index contributed by atoms with van der Waals surface area (Å²) in [5.74, 6) is -3.54. The van der Waals surface area contributed by atoms with Crippen LogP contribution in [-0.2, 0) is 23.0 Å². The zero-order valence-electron chi connectivity index (χ0n) is 11.2. The standard InChI is InChI=1S/C12H14O9S/c13-3-1-6-5-8(11(15)16)9(12(17)18)10(22(19,20)21)7(6)2-4-14/h5,13-14H,1-4H2,(H,15,16)(H,17,18)(H,19,20,21). The molecule has 22 heavy (non-hydrogen) atoms. The van der Waals surface area contributed by atoms with Crippen LogP contribution in [0.25, 0.3) is 0 Å². The van der Waals surface area contributed by atoms with E-state index in [9.17, 15) is 22.6 Å². The first kappa shape index (κ1) is 18.0. The van der Waals surface area contributed by atoms with Crippen LogP contribution in [0.5, 0.6) is 0 Å². The van der Waals surface area contributed by atoms with Crippen LogP contribution in [0.2, 0.25) is 0 Å². The fourth-order valence-electron chi connectivity index (χ4n) is 2.15. The summed E-state index contributed by atoms with van der Waals surface area (Å²) < 4.78 is 32.4. The molecule has 0 radical (unpaired) electrons. The molecule has 0 bridgehead atoms. The molecule has 0 heterocycles. The van der Waals surface area contributed by atoms with Crippen LogP contribution in [0, 0.1) is 0 Å². The summed E-state index contributed by atoms with van der Waals surface area (Å²) in [5.41, 5.74) is -2.13. The van der Waals surface area contributed by atoms with Crippen molar-refractivity contribution in [1.82, 2.24) is 0 Å². The number of hydrogen-bond acceptors (Lipinski definition) is 6. The summed E-state index contributed by atoms with van der Waals surface area (Å²) in [6, 6.07) is 0.918. The Morgan fingerprint density at radius 3 is 1.91 bits per heavy atom. The van der Waals surface area contributed by atoms with Crippen molar-refractivity contribution in [1.29, 1.82) is 0 Å². The number of aromatic carboxylic acids is 2. The second-order valence-electron chi connectivity index (χ2n) is 4.30. The Bertz CT molecular complexity index is 706. The summed E-state index contributed by atoms with van der Waals surface area (Å²) in [6.07, 6.45) is -0.497.